The molecule has 0 unspecified atom stereocenters. The van der Waals surface area contributed by atoms with Gasteiger partial charge in [0.25, 0.3) is 0 Å². The maximum atomic E-state index is 12.8. The van der Waals surface area contributed by atoms with Crippen LogP contribution in [0.2, 0.25) is 0 Å². The molecule has 0 saturated carbocycles. The van der Waals surface area contributed by atoms with Gasteiger partial charge in [-0.3, -0.25) is 0 Å². The van der Waals surface area contributed by atoms with E-state index in [1.165, 1.54) is 16.9 Å². The van der Waals surface area contributed by atoms with Crippen molar-refractivity contribution >= 4 is 11.0 Å². The molecular formula is C12H9FN3O+. The number of aromatic amines is 1. The van der Waals surface area contributed by atoms with Gasteiger partial charge in [-0.05, 0) is 46.1 Å². The van der Waals surface area contributed by atoms with Crippen molar-refractivity contribution in [3.8, 4) is 5.69 Å². The molecule has 84 valence electrons. The normalized spacial score (nSPS) is 10.9. The van der Waals surface area contributed by atoms with Gasteiger partial charge < -0.3 is 0 Å². The highest BCUT2D eigenvalue weighted by Gasteiger charge is 2.14. The zero-order chi connectivity index (χ0) is 11.8. The predicted octanol–water partition coefficient (Wildman–Crippen LogP) is 2.01. The molecule has 3 aromatic rings. The van der Waals surface area contributed by atoms with Crippen LogP contribution in [0.5, 0.6) is 0 Å². The lowest BCUT2D eigenvalue weighted by atomic mass is 10.3. The zero-order valence-electron chi connectivity index (χ0n) is 8.80. The van der Waals surface area contributed by atoms with Gasteiger partial charge in [-0.2, -0.15) is 5.10 Å². The van der Waals surface area contributed by atoms with Crippen LogP contribution in [0.1, 0.15) is 0 Å². The van der Waals surface area contributed by atoms with Gasteiger partial charge in [0, 0.05) is 0 Å². The number of halogens is 1. The first-order chi connectivity index (χ1) is 8.25. The van der Waals surface area contributed by atoms with E-state index in [9.17, 15) is 9.30 Å². The van der Waals surface area contributed by atoms with Crippen LogP contribution in [0.25, 0.3) is 16.7 Å². The summed E-state index contributed by atoms with van der Waals surface area (Å²) < 4.78 is 13.5. The van der Waals surface area contributed by atoms with E-state index in [0.29, 0.717) is 11.2 Å². The maximum Gasteiger partial charge on any atom is 0.249 e. The Balaban J connectivity index is 2.27. The van der Waals surface area contributed by atoms with Crippen LogP contribution in [0.4, 0.5) is 4.39 Å². The van der Waals surface area contributed by atoms with Crippen molar-refractivity contribution in [2.24, 2.45) is 0 Å². The van der Waals surface area contributed by atoms with Gasteiger partial charge in [0.2, 0.25) is 5.52 Å². The molecular weight excluding hydrogens is 221 g/mol. The van der Waals surface area contributed by atoms with Crippen molar-refractivity contribution in [1.82, 2.24) is 9.90 Å². The van der Waals surface area contributed by atoms with E-state index in [1.54, 1.807) is 24.3 Å². The van der Waals surface area contributed by atoms with E-state index in [1.807, 2.05) is 12.1 Å². The lowest BCUT2D eigenvalue weighted by molar-refractivity contribution is -0.561. The SMILES string of the molecule is O=[n+]1c2ccccc2[nH]n1-c1ccc(F)cc1. The van der Waals surface area contributed by atoms with E-state index >= 15 is 0 Å². The second kappa shape index (κ2) is 3.55. The van der Waals surface area contributed by atoms with E-state index in [2.05, 4.69) is 5.10 Å². The minimum Gasteiger partial charge on any atom is -0.207 e. The van der Waals surface area contributed by atoms with Crippen molar-refractivity contribution in [2.45, 2.75) is 0 Å². The molecule has 3 rings (SSSR count). The van der Waals surface area contributed by atoms with Crippen molar-refractivity contribution in [1.29, 1.82) is 0 Å². The fourth-order valence-corrected chi connectivity index (χ4v) is 1.75. The molecule has 0 saturated heterocycles. The molecule has 0 bridgehead atoms. The van der Waals surface area contributed by atoms with Crippen LogP contribution >= 0.6 is 0 Å². The minimum atomic E-state index is -0.331. The third-order valence-electron chi connectivity index (χ3n) is 2.59. The van der Waals surface area contributed by atoms with Gasteiger partial charge in [-0.15, -0.1) is 0 Å². The summed E-state index contributed by atoms with van der Waals surface area (Å²) in [6.45, 7) is 0. The van der Waals surface area contributed by atoms with Crippen LogP contribution in [0.15, 0.2) is 48.5 Å². The van der Waals surface area contributed by atoms with E-state index in [-0.39, 0.29) is 5.82 Å². The second-order valence-electron chi connectivity index (χ2n) is 3.69. The first kappa shape index (κ1) is 9.77. The Morgan fingerprint density at radius 2 is 1.76 bits per heavy atom. The lowest BCUT2D eigenvalue weighted by Gasteiger charge is -1.93. The van der Waals surface area contributed by atoms with E-state index in [0.717, 1.165) is 10.1 Å². The third kappa shape index (κ3) is 1.52. The summed E-state index contributed by atoms with van der Waals surface area (Å²) in [5.74, 6) is -0.331. The zero-order valence-corrected chi connectivity index (χ0v) is 8.80. The largest absolute Gasteiger partial charge is 0.249 e. The van der Waals surface area contributed by atoms with Crippen LogP contribution in [-0.4, -0.2) is 9.90 Å². The van der Waals surface area contributed by atoms with Gasteiger partial charge >= 0.3 is 0 Å². The third-order valence-corrected chi connectivity index (χ3v) is 2.59. The molecule has 1 N–H and O–H groups in total. The quantitative estimate of drug-likeness (QED) is 0.638. The maximum absolute atomic E-state index is 12.8. The molecule has 17 heavy (non-hydrogen) atoms. The fourth-order valence-electron chi connectivity index (χ4n) is 1.75. The molecule has 0 atom stereocenters. The first-order valence-electron chi connectivity index (χ1n) is 5.14. The summed E-state index contributed by atoms with van der Waals surface area (Å²) in [5.41, 5.74) is 1.85. The number of H-pyrrole nitrogens is 1. The molecule has 0 aliphatic carbocycles. The molecule has 0 amide bonds. The van der Waals surface area contributed by atoms with Gasteiger partial charge in [-0.1, -0.05) is 12.1 Å². The molecule has 2 aromatic carbocycles. The summed E-state index contributed by atoms with van der Waals surface area (Å²) in [5, 5.41) is 2.94. The molecule has 0 aliphatic rings. The highest BCUT2D eigenvalue weighted by molar-refractivity contribution is 5.70. The Hall–Kier alpha value is -2.43. The monoisotopic (exact) mass is 230 g/mol. The molecule has 0 spiro atoms. The number of fused-ring (bicyclic) bond motifs is 1. The van der Waals surface area contributed by atoms with Gasteiger partial charge in [0.05, 0.1) is 4.54 Å². The molecule has 4 nitrogen and oxygen atoms in total. The molecule has 0 radical (unpaired) electrons. The molecule has 1 heterocycles. The Bertz CT molecular complexity index is 727. The number of benzene rings is 2. The summed E-state index contributed by atoms with van der Waals surface area (Å²) in [6, 6.07) is 12.9. The Kier molecular flexibility index (Phi) is 2.04. The first-order valence-corrected chi connectivity index (χ1v) is 5.14. The predicted molar refractivity (Wildman–Crippen MR) is 61.0 cm³/mol. The number of nitrogens with zero attached hydrogens (tertiary/aromatic N) is 2. The number of hydrogen-bond acceptors (Lipinski definition) is 1. The smallest absolute Gasteiger partial charge is 0.207 e. The Morgan fingerprint density at radius 3 is 2.47 bits per heavy atom. The number of rotatable bonds is 1. The van der Waals surface area contributed by atoms with Crippen molar-refractivity contribution < 1.29 is 8.93 Å². The highest BCUT2D eigenvalue weighted by Crippen LogP contribution is 2.09. The summed E-state index contributed by atoms with van der Waals surface area (Å²) >= 11 is 0. The molecule has 1 aromatic heterocycles. The molecule has 0 aliphatic heterocycles. The number of para-hydroxylation sites is 2. The second-order valence-corrected chi connectivity index (χ2v) is 3.69. The van der Waals surface area contributed by atoms with Crippen molar-refractivity contribution in [3.63, 3.8) is 0 Å². The van der Waals surface area contributed by atoms with Gasteiger partial charge in [0.15, 0.2) is 5.52 Å². The Labute approximate surface area is 95.5 Å². The van der Waals surface area contributed by atoms with Crippen LogP contribution in [-0.2, 0) is 0 Å². The fraction of sp³-hybridized carbons (Fsp3) is 0. The van der Waals surface area contributed by atoms with Crippen LogP contribution in [0, 0.1) is 10.7 Å². The average Bonchev–Trinajstić information content (AvgIpc) is 2.69. The Morgan fingerprint density at radius 1 is 1.06 bits per heavy atom. The molecule has 0 fully saturated rings. The summed E-state index contributed by atoms with van der Waals surface area (Å²) in [4.78, 5) is 13.3. The minimum absolute atomic E-state index is 0.331. The topological polar surface area (TPSA) is 43.7 Å². The highest BCUT2D eigenvalue weighted by atomic mass is 19.1. The van der Waals surface area contributed by atoms with Crippen molar-refractivity contribution in [3.05, 3.63) is 59.3 Å². The van der Waals surface area contributed by atoms with E-state index in [4.69, 9.17) is 0 Å². The summed E-state index contributed by atoms with van der Waals surface area (Å²) in [6.07, 6.45) is 0. The standard InChI is InChI=1S/C12H9FN3O/c13-9-5-7-10(8-6-9)15-14-11-3-1-2-4-12(11)16(15)17/h1-8,14H/q+1. The van der Waals surface area contributed by atoms with E-state index < -0.39 is 0 Å². The van der Waals surface area contributed by atoms with Crippen molar-refractivity contribution in [2.75, 3.05) is 0 Å². The lowest BCUT2D eigenvalue weighted by Crippen LogP contribution is -2.26. The van der Waals surface area contributed by atoms with Gasteiger partial charge in [-0.25, -0.2) is 4.39 Å². The van der Waals surface area contributed by atoms with Gasteiger partial charge in [0.1, 0.15) is 11.5 Å². The average molecular weight is 230 g/mol. The summed E-state index contributed by atoms with van der Waals surface area (Å²) in [7, 11) is 0. The van der Waals surface area contributed by atoms with Crippen LogP contribution in [0.3, 0.4) is 0 Å². The number of aromatic nitrogens is 3. The number of hydrogen-bond donors (Lipinski definition) is 1. The van der Waals surface area contributed by atoms with Crippen LogP contribution < -0.4 is 4.54 Å². The molecule has 5 heteroatoms. The number of nitrogens with one attached hydrogen (secondary N) is 1.